The first-order valence-corrected chi connectivity index (χ1v) is 9.70. The van der Waals surface area contributed by atoms with Crippen LogP contribution >= 0.6 is 0 Å². The van der Waals surface area contributed by atoms with Gasteiger partial charge < -0.3 is 20.3 Å². The van der Waals surface area contributed by atoms with Crippen molar-refractivity contribution in [2.45, 2.75) is 57.8 Å². The minimum absolute atomic E-state index is 0.0672. The molecule has 0 spiro atoms. The van der Waals surface area contributed by atoms with Crippen LogP contribution in [0.5, 0.6) is 0 Å². The third-order valence-corrected chi connectivity index (χ3v) is 5.16. The van der Waals surface area contributed by atoms with Crippen LogP contribution in [-0.2, 0) is 9.53 Å². The van der Waals surface area contributed by atoms with E-state index in [-0.39, 0.29) is 30.1 Å². The van der Waals surface area contributed by atoms with E-state index in [1.165, 1.54) is 17.7 Å². The highest BCUT2D eigenvalue weighted by atomic mass is 16.5. The molecule has 142 valence electrons. The lowest BCUT2D eigenvalue weighted by Gasteiger charge is -2.31. The van der Waals surface area contributed by atoms with Crippen molar-refractivity contribution >= 4 is 17.5 Å². The summed E-state index contributed by atoms with van der Waals surface area (Å²) in [7, 11) is 0. The molecule has 2 amide bonds. The first-order valence-electron chi connectivity index (χ1n) is 9.70. The number of carbonyl (C=O) groups excluding carboxylic acids is 2. The Labute approximate surface area is 155 Å². The summed E-state index contributed by atoms with van der Waals surface area (Å²) in [5, 5.41) is 6.02. The van der Waals surface area contributed by atoms with Gasteiger partial charge in [-0.3, -0.25) is 9.59 Å². The van der Waals surface area contributed by atoms with E-state index in [1.54, 1.807) is 12.1 Å². The summed E-state index contributed by atoms with van der Waals surface area (Å²) in [6, 6.07) is 7.49. The molecule has 3 rings (SSSR count). The second kappa shape index (κ2) is 8.64. The van der Waals surface area contributed by atoms with E-state index < -0.39 is 0 Å². The largest absolute Gasteiger partial charge is 0.364 e. The summed E-state index contributed by atoms with van der Waals surface area (Å²) < 4.78 is 5.72. The lowest BCUT2D eigenvalue weighted by Crippen LogP contribution is -3.16. The molecule has 1 saturated heterocycles. The fraction of sp³-hybridized carbons (Fsp3) is 0.600. The number of amides is 2. The van der Waals surface area contributed by atoms with E-state index in [4.69, 9.17) is 4.74 Å². The number of morpholine rings is 1. The van der Waals surface area contributed by atoms with Crippen LogP contribution in [-0.4, -0.2) is 49.7 Å². The minimum Gasteiger partial charge on any atom is -0.364 e. The van der Waals surface area contributed by atoms with Crippen LogP contribution in [0.2, 0.25) is 0 Å². The van der Waals surface area contributed by atoms with Crippen molar-refractivity contribution in [3.8, 4) is 0 Å². The Kier molecular flexibility index (Phi) is 6.27. The normalized spacial score (nSPS) is 26.5. The number of benzene rings is 1. The molecule has 0 bridgehead atoms. The van der Waals surface area contributed by atoms with Crippen molar-refractivity contribution in [2.75, 3.05) is 25.0 Å². The highest BCUT2D eigenvalue weighted by Crippen LogP contribution is 2.20. The van der Waals surface area contributed by atoms with Crippen LogP contribution in [0.4, 0.5) is 5.69 Å². The number of hydrogen-bond acceptors (Lipinski definition) is 3. The maximum absolute atomic E-state index is 12.6. The van der Waals surface area contributed by atoms with Crippen molar-refractivity contribution in [2.24, 2.45) is 0 Å². The molecule has 2 atom stereocenters. The highest BCUT2D eigenvalue weighted by molar-refractivity contribution is 6.04. The zero-order valence-electron chi connectivity index (χ0n) is 15.7. The van der Waals surface area contributed by atoms with E-state index in [0.29, 0.717) is 17.8 Å². The average Bonchev–Trinajstić information content (AvgIpc) is 3.07. The van der Waals surface area contributed by atoms with E-state index in [2.05, 4.69) is 10.6 Å². The van der Waals surface area contributed by atoms with E-state index in [1.807, 2.05) is 26.0 Å². The number of nitrogens with one attached hydrogen (secondary N) is 3. The van der Waals surface area contributed by atoms with E-state index >= 15 is 0 Å². The Morgan fingerprint density at radius 1 is 1.12 bits per heavy atom. The smallest absolute Gasteiger partial charge is 0.279 e. The Balaban J connectivity index is 1.60. The SMILES string of the molecule is C[C@@H]1C[NH+](CC(=O)Nc2ccccc2C(=O)NC2CCCC2)C[C@@H](C)O1. The van der Waals surface area contributed by atoms with Gasteiger partial charge in [-0.2, -0.15) is 0 Å². The predicted octanol–water partition coefficient (Wildman–Crippen LogP) is 0.990. The zero-order valence-corrected chi connectivity index (χ0v) is 15.7. The summed E-state index contributed by atoms with van der Waals surface area (Å²) in [4.78, 5) is 26.3. The molecule has 26 heavy (non-hydrogen) atoms. The molecule has 3 N–H and O–H groups in total. The molecule has 6 heteroatoms. The second-order valence-corrected chi connectivity index (χ2v) is 7.64. The van der Waals surface area contributed by atoms with Gasteiger partial charge in [0.25, 0.3) is 11.8 Å². The lowest BCUT2D eigenvalue weighted by molar-refractivity contribution is -0.907. The predicted molar refractivity (Wildman–Crippen MR) is 100 cm³/mol. The number of para-hydroxylation sites is 1. The molecule has 1 saturated carbocycles. The minimum atomic E-state index is -0.103. The van der Waals surface area contributed by atoms with Crippen molar-refractivity contribution in [1.29, 1.82) is 0 Å². The van der Waals surface area contributed by atoms with Crippen LogP contribution < -0.4 is 15.5 Å². The quantitative estimate of drug-likeness (QED) is 0.733. The summed E-state index contributed by atoms with van der Waals surface area (Å²) in [5.41, 5.74) is 1.12. The molecule has 0 radical (unpaired) electrons. The highest BCUT2D eigenvalue weighted by Gasteiger charge is 2.27. The standard InChI is InChI=1S/C20H29N3O3/c1-14-11-23(12-15(2)26-14)13-19(24)22-18-10-6-5-9-17(18)20(25)21-16-7-3-4-8-16/h5-6,9-10,14-16H,3-4,7-8,11-13H2,1-2H3,(H,21,25)(H,22,24)/p+1/t14-,15-/m1/s1. The van der Waals surface area contributed by atoms with Crippen molar-refractivity contribution in [3.05, 3.63) is 29.8 Å². The number of ether oxygens (including phenoxy) is 1. The Bertz CT molecular complexity index is 633. The van der Waals surface area contributed by atoms with E-state index in [0.717, 1.165) is 25.9 Å². The molecule has 1 heterocycles. The Morgan fingerprint density at radius 2 is 1.77 bits per heavy atom. The van der Waals surface area contributed by atoms with E-state index in [9.17, 15) is 9.59 Å². The molecule has 1 aliphatic heterocycles. The van der Waals surface area contributed by atoms with Gasteiger partial charge in [0.1, 0.15) is 25.3 Å². The van der Waals surface area contributed by atoms with Crippen LogP contribution in [0.15, 0.2) is 24.3 Å². The topological polar surface area (TPSA) is 71.9 Å². The van der Waals surface area contributed by atoms with Gasteiger partial charge in [0.05, 0.1) is 11.3 Å². The summed E-state index contributed by atoms with van der Waals surface area (Å²) in [6.07, 6.45) is 4.73. The molecule has 0 aromatic heterocycles. The van der Waals surface area contributed by atoms with Crippen molar-refractivity contribution < 1.29 is 19.2 Å². The van der Waals surface area contributed by atoms with Crippen molar-refractivity contribution in [3.63, 3.8) is 0 Å². The lowest BCUT2D eigenvalue weighted by atomic mass is 10.1. The molecule has 0 unspecified atom stereocenters. The van der Waals surface area contributed by atoms with Gasteiger partial charge in [-0.25, -0.2) is 0 Å². The fourth-order valence-electron chi connectivity index (χ4n) is 4.08. The molecular weight excluding hydrogens is 330 g/mol. The van der Waals surface area contributed by atoms with Gasteiger partial charge in [0.2, 0.25) is 0 Å². The van der Waals surface area contributed by atoms with Gasteiger partial charge in [-0.15, -0.1) is 0 Å². The van der Waals surface area contributed by atoms with Crippen LogP contribution in [0.1, 0.15) is 49.9 Å². The number of carbonyl (C=O) groups is 2. The molecular formula is C20H30N3O3+. The number of anilines is 1. The third-order valence-electron chi connectivity index (χ3n) is 5.16. The van der Waals surface area contributed by atoms with Gasteiger partial charge in [0, 0.05) is 6.04 Å². The number of hydrogen-bond donors (Lipinski definition) is 3. The maximum atomic E-state index is 12.6. The summed E-state index contributed by atoms with van der Waals surface area (Å²) >= 11 is 0. The number of rotatable bonds is 5. The molecule has 1 aliphatic carbocycles. The first kappa shape index (κ1) is 18.9. The van der Waals surface area contributed by atoms with Gasteiger partial charge >= 0.3 is 0 Å². The monoisotopic (exact) mass is 360 g/mol. The number of quaternary nitrogens is 1. The Hall–Kier alpha value is -1.92. The molecule has 2 aliphatic rings. The fourth-order valence-corrected chi connectivity index (χ4v) is 4.08. The van der Waals surface area contributed by atoms with Gasteiger partial charge in [-0.05, 0) is 38.8 Å². The van der Waals surface area contributed by atoms with Crippen LogP contribution in [0.3, 0.4) is 0 Å². The maximum Gasteiger partial charge on any atom is 0.279 e. The molecule has 1 aromatic carbocycles. The van der Waals surface area contributed by atoms with Gasteiger partial charge in [-0.1, -0.05) is 25.0 Å². The average molecular weight is 360 g/mol. The second-order valence-electron chi connectivity index (χ2n) is 7.64. The molecule has 2 fully saturated rings. The summed E-state index contributed by atoms with van der Waals surface area (Å²) in [5.74, 6) is -0.170. The summed E-state index contributed by atoms with van der Waals surface area (Å²) in [6.45, 7) is 6.10. The van der Waals surface area contributed by atoms with Crippen LogP contribution in [0, 0.1) is 0 Å². The zero-order chi connectivity index (χ0) is 18.5. The third kappa shape index (κ3) is 5.05. The van der Waals surface area contributed by atoms with Crippen molar-refractivity contribution in [1.82, 2.24) is 5.32 Å². The Morgan fingerprint density at radius 3 is 2.46 bits per heavy atom. The van der Waals surface area contributed by atoms with Crippen LogP contribution in [0.25, 0.3) is 0 Å². The van der Waals surface area contributed by atoms with Gasteiger partial charge in [0.15, 0.2) is 6.54 Å². The first-order chi connectivity index (χ1) is 12.5. The molecule has 1 aromatic rings. The molecule has 6 nitrogen and oxygen atoms in total.